The van der Waals surface area contributed by atoms with Crippen LogP contribution in [0, 0.1) is 0 Å². The molecular weight excluding hydrogens is 439 g/mol. The third kappa shape index (κ3) is 6.18. The van der Waals surface area contributed by atoms with E-state index in [1.807, 2.05) is 18.2 Å². The summed E-state index contributed by atoms with van der Waals surface area (Å²) in [5.41, 5.74) is 0.132. The largest absolute Gasteiger partial charge is 0.434 e. The molecule has 0 spiro atoms. The van der Waals surface area contributed by atoms with Gasteiger partial charge < -0.3 is 20.3 Å². The summed E-state index contributed by atoms with van der Waals surface area (Å²) in [6.07, 6.45) is -5.86. The van der Waals surface area contributed by atoms with Crippen molar-refractivity contribution >= 4 is 5.82 Å². The van der Waals surface area contributed by atoms with Crippen molar-refractivity contribution in [2.75, 3.05) is 44.6 Å². The number of nitrogens with one attached hydrogen (secondary N) is 1. The number of ether oxygens (including phenoxy) is 1. The Balaban J connectivity index is 1.26. The standard InChI is InChI=1S/C22H28F3N5O3/c23-22(24,25)18-10-26-11-19(28-18)27-16-14-33-17(21(32)20(16)31)13-30-8-6-29(7-9-30)12-15-4-2-1-3-5-15/h1-5,10-11,16-17,20-21,31-32H,6-9,12-14H2,(H,27,28)/t16-,17+,20+,21-/m0/s1. The van der Waals surface area contributed by atoms with Gasteiger partial charge in [-0.15, -0.1) is 0 Å². The highest BCUT2D eigenvalue weighted by atomic mass is 19.4. The van der Waals surface area contributed by atoms with Gasteiger partial charge in [0.2, 0.25) is 0 Å². The van der Waals surface area contributed by atoms with Gasteiger partial charge >= 0.3 is 6.18 Å². The van der Waals surface area contributed by atoms with Crippen LogP contribution in [0.3, 0.4) is 0 Å². The van der Waals surface area contributed by atoms with Gasteiger partial charge in [-0.25, -0.2) is 4.98 Å². The SMILES string of the molecule is O[C@@H]1[C@H](O)[C@@H](Nc2cncc(C(F)(F)F)n2)CO[C@@H]1CN1CCN(Cc2ccccc2)CC1. The van der Waals surface area contributed by atoms with Gasteiger partial charge in [0.15, 0.2) is 5.69 Å². The number of hydrogen-bond donors (Lipinski definition) is 3. The van der Waals surface area contributed by atoms with Crippen LogP contribution in [-0.4, -0.2) is 93.7 Å². The first-order valence-corrected chi connectivity index (χ1v) is 10.9. The molecular formula is C22H28F3N5O3. The normalized spacial score (nSPS) is 27.4. The molecule has 4 atom stereocenters. The summed E-state index contributed by atoms with van der Waals surface area (Å²) in [7, 11) is 0. The Morgan fingerprint density at radius 1 is 1.00 bits per heavy atom. The molecule has 0 radical (unpaired) electrons. The molecule has 2 aliphatic heterocycles. The van der Waals surface area contributed by atoms with Crippen molar-refractivity contribution in [3.8, 4) is 0 Å². The van der Waals surface area contributed by atoms with Crippen molar-refractivity contribution in [2.45, 2.75) is 37.1 Å². The molecule has 2 saturated heterocycles. The molecule has 3 heterocycles. The van der Waals surface area contributed by atoms with E-state index in [4.69, 9.17) is 4.74 Å². The summed E-state index contributed by atoms with van der Waals surface area (Å²) < 4.78 is 44.3. The second kappa shape index (κ2) is 10.3. The van der Waals surface area contributed by atoms with Gasteiger partial charge in [-0.1, -0.05) is 30.3 Å². The number of aromatic nitrogens is 2. The zero-order chi connectivity index (χ0) is 23.4. The highest BCUT2D eigenvalue weighted by Crippen LogP contribution is 2.28. The minimum atomic E-state index is -4.62. The van der Waals surface area contributed by atoms with E-state index in [9.17, 15) is 23.4 Å². The number of anilines is 1. The highest BCUT2D eigenvalue weighted by Gasteiger charge is 2.40. The maximum absolute atomic E-state index is 12.8. The number of alkyl halides is 3. The number of halogens is 3. The van der Waals surface area contributed by atoms with Crippen LogP contribution in [0.1, 0.15) is 11.3 Å². The van der Waals surface area contributed by atoms with Crippen molar-refractivity contribution < 1.29 is 28.1 Å². The Bertz CT molecular complexity index is 896. The molecule has 2 aromatic rings. The first-order valence-electron chi connectivity index (χ1n) is 10.9. The lowest BCUT2D eigenvalue weighted by molar-refractivity contribution is -0.148. The molecule has 0 bridgehead atoms. The van der Waals surface area contributed by atoms with E-state index in [-0.39, 0.29) is 12.4 Å². The molecule has 33 heavy (non-hydrogen) atoms. The van der Waals surface area contributed by atoms with Crippen LogP contribution in [0.2, 0.25) is 0 Å². The quantitative estimate of drug-likeness (QED) is 0.584. The van der Waals surface area contributed by atoms with E-state index >= 15 is 0 Å². The van der Waals surface area contributed by atoms with Crippen molar-refractivity contribution in [3.05, 3.63) is 54.0 Å². The van der Waals surface area contributed by atoms with E-state index in [2.05, 4.69) is 37.2 Å². The van der Waals surface area contributed by atoms with E-state index in [0.717, 1.165) is 38.9 Å². The van der Waals surface area contributed by atoms with E-state index < -0.39 is 36.2 Å². The first-order chi connectivity index (χ1) is 15.8. The fourth-order valence-corrected chi connectivity index (χ4v) is 4.16. The highest BCUT2D eigenvalue weighted by molar-refractivity contribution is 5.34. The number of hydrogen-bond acceptors (Lipinski definition) is 8. The summed E-state index contributed by atoms with van der Waals surface area (Å²) in [5, 5.41) is 23.8. The van der Waals surface area contributed by atoms with Crippen LogP contribution < -0.4 is 5.32 Å². The lowest BCUT2D eigenvalue weighted by Crippen LogP contribution is -2.59. The molecule has 0 saturated carbocycles. The molecule has 0 amide bonds. The summed E-state index contributed by atoms with van der Waals surface area (Å²) in [6.45, 7) is 4.79. The van der Waals surface area contributed by atoms with Crippen molar-refractivity contribution in [3.63, 3.8) is 0 Å². The third-order valence-corrected chi connectivity index (χ3v) is 6.04. The van der Waals surface area contributed by atoms with Gasteiger partial charge in [0.1, 0.15) is 18.0 Å². The topological polar surface area (TPSA) is 94.0 Å². The maximum atomic E-state index is 12.8. The maximum Gasteiger partial charge on any atom is 0.434 e. The van der Waals surface area contributed by atoms with Crippen molar-refractivity contribution in [1.29, 1.82) is 0 Å². The van der Waals surface area contributed by atoms with E-state index in [1.165, 1.54) is 5.56 Å². The molecule has 2 aliphatic rings. The fourth-order valence-electron chi connectivity index (χ4n) is 4.16. The summed E-state index contributed by atoms with van der Waals surface area (Å²) in [4.78, 5) is 11.6. The van der Waals surface area contributed by atoms with Crippen LogP contribution in [0.4, 0.5) is 19.0 Å². The van der Waals surface area contributed by atoms with Crippen molar-refractivity contribution in [1.82, 2.24) is 19.8 Å². The molecule has 0 aliphatic carbocycles. The molecule has 4 rings (SSSR count). The molecule has 11 heteroatoms. The Kier molecular flexibility index (Phi) is 7.45. The van der Waals surface area contributed by atoms with Crippen molar-refractivity contribution in [2.24, 2.45) is 0 Å². The minimum Gasteiger partial charge on any atom is -0.388 e. The van der Waals surface area contributed by atoms with Gasteiger partial charge in [0.25, 0.3) is 0 Å². The Hall–Kier alpha value is -2.31. The monoisotopic (exact) mass is 467 g/mol. The van der Waals surface area contributed by atoms with E-state index in [0.29, 0.717) is 12.7 Å². The van der Waals surface area contributed by atoms with E-state index in [1.54, 1.807) is 0 Å². The number of nitrogens with zero attached hydrogens (tertiary/aromatic N) is 4. The lowest BCUT2D eigenvalue weighted by atomic mass is 9.97. The van der Waals surface area contributed by atoms with Crippen LogP contribution in [0.5, 0.6) is 0 Å². The summed E-state index contributed by atoms with van der Waals surface area (Å²) in [6, 6.07) is 9.46. The second-order valence-corrected chi connectivity index (χ2v) is 8.45. The summed E-state index contributed by atoms with van der Waals surface area (Å²) >= 11 is 0. The second-order valence-electron chi connectivity index (χ2n) is 8.45. The number of rotatable bonds is 6. The Labute approximate surface area is 190 Å². The van der Waals surface area contributed by atoms with Gasteiger partial charge in [-0.2, -0.15) is 13.2 Å². The Morgan fingerprint density at radius 3 is 2.39 bits per heavy atom. The number of benzene rings is 1. The van der Waals surface area contributed by atoms with Gasteiger partial charge in [0, 0.05) is 39.3 Å². The van der Waals surface area contributed by atoms with Gasteiger partial charge in [-0.3, -0.25) is 14.8 Å². The molecule has 2 fully saturated rings. The van der Waals surface area contributed by atoms with Crippen LogP contribution in [0.15, 0.2) is 42.7 Å². The fraction of sp³-hybridized carbons (Fsp3) is 0.545. The lowest BCUT2D eigenvalue weighted by Gasteiger charge is -2.42. The first kappa shape index (κ1) is 23.8. The van der Waals surface area contributed by atoms with Crippen LogP contribution in [-0.2, 0) is 17.5 Å². The average Bonchev–Trinajstić information content (AvgIpc) is 2.80. The average molecular weight is 467 g/mol. The molecule has 180 valence electrons. The molecule has 8 nitrogen and oxygen atoms in total. The predicted octanol–water partition coefficient (Wildman–Crippen LogP) is 1.21. The number of aliphatic hydroxyl groups is 2. The number of piperazine rings is 1. The molecule has 1 aromatic carbocycles. The molecule has 3 N–H and O–H groups in total. The summed E-state index contributed by atoms with van der Waals surface area (Å²) in [5.74, 6) is -0.141. The molecule has 1 aromatic heterocycles. The van der Waals surface area contributed by atoms with Gasteiger partial charge in [-0.05, 0) is 5.56 Å². The van der Waals surface area contributed by atoms with Gasteiger partial charge in [0.05, 0.1) is 31.1 Å². The number of aliphatic hydroxyl groups excluding tert-OH is 2. The smallest absolute Gasteiger partial charge is 0.388 e. The predicted molar refractivity (Wildman–Crippen MR) is 114 cm³/mol. The minimum absolute atomic E-state index is 0.0226. The molecule has 0 unspecified atom stereocenters. The van der Waals surface area contributed by atoms with Crippen LogP contribution in [0.25, 0.3) is 0 Å². The third-order valence-electron chi connectivity index (χ3n) is 6.04. The zero-order valence-corrected chi connectivity index (χ0v) is 18.0. The zero-order valence-electron chi connectivity index (χ0n) is 18.0. The van der Waals surface area contributed by atoms with Crippen LogP contribution >= 0.6 is 0 Å². The Morgan fingerprint density at radius 2 is 1.70 bits per heavy atom.